The number of thioether (sulfide) groups is 1. The zero-order valence-corrected chi connectivity index (χ0v) is 12.8. The van der Waals surface area contributed by atoms with Gasteiger partial charge >= 0.3 is 12.0 Å². The minimum Gasteiger partial charge on any atom is -0.480 e. The number of hydrogen-bond acceptors (Lipinski definition) is 4. The molecule has 7 nitrogen and oxygen atoms in total. The van der Waals surface area contributed by atoms with Crippen LogP contribution in [0.5, 0.6) is 0 Å². The molecule has 2 aliphatic rings. The number of carbonyl (C=O) groups is 3. The summed E-state index contributed by atoms with van der Waals surface area (Å²) in [5.74, 6) is -0.556. The molecule has 0 bridgehead atoms. The van der Waals surface area contributed by atoms with E-state index in [0.717, 1.165) is 12.8 Å². The highest BCUT2D eigenvalue weighted by Crippen LogP contribution is 2.28. The second-order valence-electron chi connectivity index (χ2n) is 5.37. The van der Waals surface area contributed by atoms with Crippen molar-refractivity contribution in [2.45, 2.75) is 50.1 Å². The summed E-state index contributed by atoms with van der Waals surface area (Å²) >= 11 is 1.45. The summed E-state index contributed by atoms with van der Waals surface area (Å²) in [7, 11) is 0. The van der Waals surface area contributed by atoms with Gasteiger partial charge in [0.1, 0.15) is 6.04 Å². The third-order valence-electron chi connectivity index (χ3n) is 3.54. The second kappa shape index (κ2) is 7.02. The van der Waals surface area contributed by atoms with E-state index in [4.69, 9.17) is 5.11 Å². The minimum absolute atomic E-state index is 0.0141. The minimum atomic E-state index is -0.981. The molecule has 21 heavy (non-hydrogen) atoms. The van der Waals surface area contributed by atoms with Crippen LogP contribution in [0.4, 0.5) is 4.79 Å². The van der Waals surface area contributed by atoms with E-state index in [1.807, 2.05) is 6.92 Å². The highest BCUT2D eigenvalue weighted by molar-refractivity contribution is 8.00. The Morgan fingerprint density at radius 2 is 2.05 bits per heavy atom. The number of amides is 3. The summed E-state index contributed by atoms with van der Waals surface area (Å²) in [6, 6.07) is -0.795. The SMILES string of the molecule is CC1SCC(C(=O)O)N1C(=O)NCCCC(=O)NC1CC1. The van der Waals surface area contributed by atoms with E-state index in [1.165, 1.54) is 16.7 Å². The Labute approximate surface area is 127 Å². The fraction of sp³-hybridized carbons (Fsp3) is 0.769. The van der Waals surface area contributed by atoms with Gasteiger partial charge in [0.05, 0.1) is 5.37 Å². The lowest BCUT2D eigenvalue weighted by molar-refractivity contribution is -0.141. The number of carboxylic acids is 1. The third kappa shape index (κ3) is 4.52. The molecular formula is C13H21N3O4S. The smallest absolute Gasteiger partial charge is 0.327 e. The molecule has 8 heteroatoms. The Morgan fingerprint density at radius 3 is 2.67 bits per heavy atom. The molecule has 0 aromatic carbocycles. The van der Waals surface area contributed by atoms with Crippen LogP contribution in [0.3, 0.4) is 0 Å². The topological polar surface area (TPSA) is 98.7 Å². The van der Waals surface area contributed by atoms with E-state index in [1.54, 1.807) is 0 Å². The van der Waals surface area contributed by atoms with Crippen LogP contribution >= 0.6 is 11.8 Å². The molecule has 2 rings (SSSR count). The average molecular weight is 315 g/mol. The summed E-state index contributed by atoms with van der Waals surface area (Å²) in [4.78, 5) is 36.0. The first-order valence-electron chi connectivity index (χ1n) is 7.19. The lowest BCUT2D eigenvalue weighted by atomic mass is 10.3. The van der Waals surface area contributed by atoms with E-state index in [2.05, 4.69) is 10.6 Å². The molecule has 1 saturated heterocycles. The van der Waals surface area contributed by atoms with Crippen molar-refractivity contribution in [3.8, 4) is 0 Å². The monoisotopic (exact) mass is 315 g/mol. The quantitative estimate of drug-likeness (QED) is 0.624. The Bertz CT molecular complexity index is 428. The molecule has 0 spiro atoms. The molecule has 118 valence electrons. The van der Waals surface area contributed by atoms with Crippen LogP contribution in [0.1, 0.15) is 32.6 Å². The van der Waals surface area contributed by atoms with Gasteiger partial charge in [0.2, 0.25) is 5.91 Å². The molecule has 1 aliphatic carbocycles. The Morgan fingerprint density at radius 1 is 1.33 bits per heavy atom. The Hall–Kier alpha value is -1.44. The summed E-state index contributed by atoms with van der Waals surface area (Å²) in [6.07, 6.45) is 3.05. The van der Waals surface area contributed by atoms with Crippen LogP contribution in [0.15, 0.2) is 0 Å². The first kappa shape index (κ1) is 15.9. The van der Waals surface area contributed by atoms with Gasteiger partial charge < -0.3 is 15.7 Å². The average Bonchev–Trinajstić information content (AvgIpc) is 3.14. The Kier molecular flexibility index (Phi) is 5.33. The maximum absolute atomic E-state index is 12.0. The van der Waals surface area contributed by atoms with Crippen molar-refractivity contribution in [2.75, 3.05) is 12.3 Å². The standard InChI is InChI=1S/C13H21N3O4S/c1-8-16(10(7-21-8)12(18)19)13(20)14-6-2-3-11(17)15-9-4-5-9/h8-10H,2-7H2,1H3,(H,14,20)(H,15,17)(H,18,19). The van der Waals surface area contributed by atoms with E-state index in [-0.39, 0.29) is 17.3 Å². The van der Waals surface area contributed by atoms with E-state index < -0.39 is 12.0 Å². The molecule has 2 atom stereocenters. The number of carboxylic acid groups (broad SMARTS) is 1. The summed E-state index contributed by atoms with van der Waals surface area (Å²) < 4.78 is 0. The molecule has 0 radical (unpaired) electrons. The van der Waals surface area contributed by atoms with Crippen LogP contribution in [0.25, 0.3) is 0 Å². The highest BCUT2D eigenvalue weighted by Gasteiger charge is 2.39. The Balaban J connectivity index is 1.68. The first-order valence-corrected chi connectivity index (χ1v) is 8.24. The van der Waals surface area contributed by atoms with E-state index in [0.29, 0.717) is 31.2 Å². The molecule has 3 amide bonds. The summed E-state index contributed by atoms with van der Waals surface area (Å²) in [5.41, 5.74) is 0. The predicted octanol–water partition coefficient (Wildman–Crippen LogP) is 0.603. The highest BCUT2D eigenvalue weighted by atomic mass is 32.2. The van der Waals surface area contributed by atoms with Gasteiger partial charge in [-0.15, -0.1) is 11.8 Å². The molecular weight excluding hydrogens is 294 g/mol. The number of urea groups is 1. The van der Waals surface area contributed by atoms with Gasteiger partial charge in [0.15, 0.2) is 0 Å². The van der Waals surface area contributed by atoms with Gasteiger partial charge in [-0.25, -0.2) is 9.59 Å². The zero-order valence-electron chi connectivity index (χ0n) is 12.0. The first-order chi connectivity index (χ1) is 9.99. The largest absolute Gasteiger partial charge is 0.480 e. The number of nitrogens with one attached hydrogen (secondary N) is 2. The van der Waals surface area contributed by atoms with Crippen molar-refractivity contribution in [2.24, 2.45) is 0 Å². The van der Waals surface area contributed by atoms with Gasteiger partial charge in [-0.05, 0) is 26.2 Å². The predicted molar refractivity (Wildman–Crippen MR) is 79.0 cm³/mol. The molecule has 2 unspecified atom stereocenters. The van der Waals surface area contributed by atoms with Crippen molar-refractivity contribution in [3.63, 3.8) is 0 Å². The maximum Gasteiger partial charge on any atom is 0.327 e. The van der Waals surface area contributed by atoms with Crippen molar-refractivity contribution >= 4 is 29.7 Å². The van der Waals surface area contributed by atoms with Gasteiger partial charge in [-0.3, -0.25) is 9.69 Å². The van der Waals surface area contributed by atoms with Gasteiger partial charge in [-0.1, -0.05) is 0 Å². The van der Waals surface area contributed by atoms with Crippen molar-refractivity contribution in [1.29, 1.82) is 0 Å². The van der Waals surface area contributed by atoms with Crippen molar-refractivity contribution < 1.29 is 19.5 Å². The van der Waals surface area contributed by atoms with Gasteiger partial charge in [0, 0.05) is 24.8 Å². The molecule has 1 heterocycles. The fourth-order valence-corrected chi connectivity index (χ4v) is 3.37. The number of rotatable bonds is 6. The number of aliphatic carboxylic acids is 1. The molecule has 0 aromatic rings. The van der Waals surface area contributed by atoms with E-state index in [9.17, 15) is 14.4 Å². The van der Waals surface area contributed by atoms with Crippen LogP contribution in [-0.2, 0) is 9.59 Å². The van der Waals surface area contributed by atoms with E-state index >= 15 is 0 Å². The van der Waals surface area contributed by atoms with Crippen LogP contribution < -0.4 is 10.6 Å². The molecule has 2 fully saturated rings. The molecule has 0 aromatic heterocycles. The number of hydrogen-bond donors (Lipinski definition) is 3. The van der Waals surface area contributed by atoms with Gasteiger partial charge in [-0.2, -0.15) is 0 Å². The molecule has 1 saturated carbocycles. The lowest BCUT2D eigenvalue weighted by Crippen LogP contribution is -2.49. The lowest BCUT2D eigenvalue weighted by Gasteiger charge is -2.25. The fourth-order valence-electron chi connectivity index (χ4n) is 2.20. The zero-order chi connectivity index (χ0) is 15.4. The van der Waals surface area contributed by atoms with Gasteiger partial charge in [0.25, 0.3) is 0 Å². The summed E-state index contributed by atoms with van der Waals surface area (Å²) in [6.45, 7) is 2.19. The normalized spacial score (nSPS) is 24.7. The molecule has 3 N–H and O–H groups in total. The molecule has 1 aliphatic heterocycles. The van der Waals surface area contributed by atoms with Crippen LogP contribution in [0.2, 0.25) is 0 Å². The number of nitrogens with zero attached hydrogens (tertiary/aromatic N) is 1. The number of carbonyl (C=O) groups excluding carboxylic acids is 2. The van der Waals surface area contributed by atoms with Crippen molar-refractivity contribution in [3.05, 3.63) is 0 Å². The van der Waals surface area contributed by atoms with Crippen LogP contribution in [-0.4, -0.2) is 57.7 Å². The maximum atomic E-state index is 12.0. The third-order valence-corrected chi connectivity index (χ3v) is 4.76. The van der Waals surface area contributed by atoms with Crippen LogP contribution in [0, 0.1) is 0 Å². The summed E-state index contributed by atoms with van der Waals surface area (Å²) in [5, 5.41) is 14.5. The second-order valence-corrected chi connectivity index (χ2v) is 6.72. The van der Waals surface area contributed by atoms with Crippen molar-refractivity contribution in [1.82, 2.24) is 15.5 Å².